The van der Waals surface area contributed by atoms with Crippen LogP contribution in [-0.4, -0.2) is 58.2 Å². The fourth-order valence-corrected chi connectivity index (χ4v) is 2.08. The standard InChI is InChI=1S/C10H16N4O5S/c1-20(18,19)5-3-8(10(16)17)13-9(15)2-4-14-7-11-6-12-14/h6-8H,2-5H2,1H3,(H,13,15)(H,16,17). The second-order valence-electron chi connectivity index (χ2n) is 4.29. The second-order valence-corrected chi connectivity index (χ2v) is 6.55. The second kappa shape index (κ2) is 6.98. The Kier molecular flexibility index (Phi) is 5.62. The maximum atomic E-state index is 11.6. The summed E-state index contributed by atoms with van der Waals surface area (Å²) in [7, 11) is -3.27. The van der Waals surface area contributed by atoms with Gasteiger partial charge in [-0.15, -0.1) is 0 Å². The molecule has 1 amide bonds. The number of carbonyl (C=O) groups excluding carboxylic acids is 1. The molecule has 2 N–H and O–H groups in total. The first-order valence-corrected chi connectivity index (χ1v) is 7.86. The van der Waals surface area contributed by atoms with E-state index in [1.54, 1.807) is 0 Å². The number of amides is 1. The number of nitrogens with zero attached hydrogens (tertiary/aromatic N) is 3. The highest BCUT2D eigenvalue weighted by Crippen LogP contribution is 1.98. The predicted octanol–water partition coefficient (Wildman–Crippen LogP) is -1.33. The number of carboxylic acids is 1. The molecule has 0 saturated heterocycles. The van der Waals surface area contributed by atoms with Crippen molar-refractivity contribution in [3.8, 4) is 0 Å². The number of hydrogen-bond acceptors (Lipinski definition) is 6. The molecular formula is C10H16N4O5S. The lowest BCUT2D eigenvalue weighted by molar-refractivity contribution is -0.141. The van der Waals surface area contributed by atoms with Gasteiger partial charge in [-0.25, -0.2) is 18.2 Å². The summed E-state index contributed by atoms with van der Waals surface area (Å²) in [5, 5.41) is 15.0. The van der Waals surface area contributed by atoms with Gasteiger partial charge in [-0.1, -0.05) is 0 Å². The Morgan fingerprint density at radius 1 is 1.45 bits per heavy atom. The SMILES string of the molecule is CS(=O)(=O)CCC(NC(=O)CCn1cncn1)C(=O)O. The molecule has 0 radical (unpaired) electrons. The van der Waals surface area contributed by atoms with Crippen molar-refractivity contribution in [3.63, 3.8) is 0 Å². The molecule has 10 heteroatoms. The Balaban J connectivity index is 2.44. The zero-order valence-corrected chi connectivity index (χ0v) is 11.7. The van der Waals surface area contributed by atoms with Crippen LogP contribution in [0.3, 0.4) is 0 Å². The highest BCUT2D eigenvalue weighted by molar-refractivity contribution is 7.90. The Morgan fingerprint density at radius 2 is 2.15 bits per heavy atom. The van der Waals surface area contributed by atoms with Crippen molar-refractivity contribution < 1.29 is 23.1 Å². The van der Waals surface area contributed by atoms with E-state index in [0.717, 1.165) is 6.26 Å². The van der Waals surface area contributed by atoms with Crippen LogP contribution in [0.2, 0.25) is 0 Å². The van der Waals surface area contributed by atoms with E-state index in [2.05, 4.69) is 15.4 Å². The average Bonchev–Trinajstić information content (AvgIpc) is 2.83. The van der Waals surface area contributed by atoms with Crippen molar-refractivity contribution in [1.29, 1.82) is 0 Å². The maximum Gasteiger partial charge on any atom is 0.326 e. The first kappa shape index (κ1) is 16.1. The summed E-state index contributed by atoms with van der Waals surface area (Å²) >= 11 is 0. The minimum absolute atomic E-state index is 0.0337. The maximum absolute atomic E-state index is 11.6. The molecular weight excluding hydrogens is 288 g/mol. The van der Waals surface area contributed by atoms with Gasteiger partial charge in [0.2, 0.25) is 5.91 Å². The van der Waals surface area contributed by atoms with Crippen LogP contribution in [0.5, 0.6) is 0 Å². The molecule has 0 aliphatic carbocycles. The predicted molar refractivity (Wildman–Crippen MR) is 68.5 cm³/mol. The molecule has 0 bridgehead atoms. The summed E-state index contributed by atoms with van der Waals surface area (Å²) in [5.41, 5.74) is 0. The molecule has 112 valence electrons. The minimum Gasteiger partial charge on any atom is -0.480 e. The van der Waals surface area contributed by atoms with Gasteiger partial charge in [0.05, 0.1) is 12.3 Å². The smallest absolute Gasteiger partial charge is 0.326 e. The van der Waals surface area contributed by atoms with Crippen LogP contribution >= 0.6 is 0 Å². The Morgan fingerprint density at radius 3 is 2.65 bits per heavy atom. The largest absolute Gasteiger partial charge is 0.480 e. The normalized spacial score (nSPS) is 12.8. The molecule has 0 spiro atoms. The third-order valence-electron chi connectivity index (χ3n) is 2.45. The van der Waals surface area contributed by atoms with Crippen molar-refractivity contribution >= 4 is 21.7 Å². The minimum atomic E-state index is -3.27. The summed E-state index contributed by atoms with van der Waals surface area (Å²) in [6, 6.07) is -1.21. The Labute approximate surface area is 115 Å². The van der Waals surface area contributed by atoms with E-state index in [-0.39, 0.29) is 25.1 Å². The van der Waals surface area contributed by atoms with E-state index in [9.17, 15) is 18.0 Å². The van der Waals surface area contributed by atoms with Crippen LogP contribution in [-0.2, 0) is 26.0 Å². The van der Waals surface area contributed by atoms with Crippen molar-refractivity contribution in [2.45, 2.75) is 25.4 Å². The summed E-state index contributed by atoms with van der Waals surface area (Å²) in [6.07, 6.45) is 3.64. The van der Waals surface area contributed by atoms with Crippen molar-refractivity contribution in [2.75, 3.05) is 12.0 Å². The van der Waals surface area contributed by atoms with Gasteiger partial charge in [0.1, 0.15) is 28.5 Å². The number of aromatic nitrogens is 3. The van der Waals surface area contributed by atoms with E-state index in [0.29, 0.717) is 0 Å². The van der Waals surface area contributed by atoms with E-state index in [4.69, 9.17) is 5.11 Å². The molecule has 1 aromatic heterocycles. The van der Waals surface area contributed by atoms with Crippen molar-refractivity contribution in [3.05, 3.63) is 12.7 Å². The molecule has 0 saturated carbocycles. The number of sulfone groups is 1. The van der Waals surface area contributed by atoms with Gasteiger partial charge in [0.15, 0.2) is 0 Å². The van der Waals surface area contributed by atoms with Crippen LogP contribution in [0.1, 0.15) is 12.8 Å². The summed E-state index contributed by atoms with van der Waals surface area (Å²) < 4.78 is 23.4. The summed E-state index contributed by atoms with van der Waals surface area (Å²) in [5.74, 6) is -2.04. The van der Waals surface area contributed by atoms with Crippen LogP contribution in [0, 0.1) is 0 Å². The highest BCUT2D eigenvalue weighted by Gasteiger charge is 2.21. The van der Waals surface area contributed by atoms with Gasteiger partial charge in [-0.05, 0) is 6.42 Å². The van der Waals surface area contributed by atoms with Crippen LogP contribution in [0.25, 0.3) is 0 Å². The lowest BCUT2D eigenvalue weighted by Gasteiger charge is -2.13. The molecule has 20 heavy (non-hydrogen) atoms. The number of aliphatic carboxylic acids is 1. The van der Waals surface area contributed by atoms with E-state index in [1.165, 1.54) is 17.3 Å². The molecule has 0 fully saturated rings. The monoisotopic (exact) mass is 304 g/mol. The fraction of sp³-hybridized carbons (Fsp3) is 0.600. The number of rotatable bonds is 8. The molecule has 1 unspecified atom stereocenters. The third-order valence-corrected chi connectivity index (χ3v) is 3.42. The van der Waals surface area contributed by atoms with Crippen LogP contribution in [0.15, 0.2) is 12.7 Å². The van der Waals surface area contributed by atoms with Crippen molar-refractivity contribution in [2.24, 2.45) is 0 Å². The number of carboxylic acid groups (broad SMARTS) is 1. The van der Waals surface area contributed by atoms with Gasteiger partial charge >= 0.3 is 5.97 Å². The van der Waals surface area contributed by atoms with Crippen LogP contribution < -0.4 is 5.32 Å². The quantitative estimate of drug-likeness (QED) is 0.608. The fourth-order valence-electron chi connectivity index (χ4n) is 1.42. The molecule has 1 aromatic rings. The first-order chi connectivity index (χ1) is 9.28. The molecule has 9 nitrogen and oxygen atoms in total. The van der Waals surface area contributed by atoms with Gasteiger partial charge in [-0.3, -0.25) is 9.48 Å². The number of carbonyl (C=O) groups is 2. The van der Waals surface area contributed by atoms with Gasteiger partial charge in [-0.2, -0.15) is 5.10 Å². The highest BCUT2D eigenvalue weighted by atomic mass is 32.2. The molecule has 1 heterocycles. The van der Waals surface area contributed by atoms with Crippen LogP contribution in [0.4, 0.5) is 0 Å². The Hall–Kier alpha value is -1.97. The lowest BCUT2D eigenvalue weighted by Crippen LogP contribution is -2.42. The zero-order valence-electron chi connectivity index (χ0n) is 10.9. The summed E-state index contributed by atoms with van der Waals surface area (Å²) in [4.78, 5) is 26.2. The number of hydrogen-bond donors (Lipinski definition) is 2. The van der Waals surface area contributed by atoms with Gasteiger partial charge in [0, 0.05) is 12.7 Å². The molecule has 0 aliphatic heterocycles. The molecule has 1 rings (SSSR count). The third kappa shape index (κ3) is 6.27. The van der Waals surface area contributed by atoms with E-state index in [1.807, 2.05) is 0 Å². The topological polar surface area (TPSA) is 131 Å². The zero-order chi connectivity index (χ0) is 15.2. The number of aryl methyl sites for hydroxylation is 1. The van der Waals surface area contributed by atoms with Crippen molar-refractivity contribution in [1.82, 2.24) is 20.1 Å². The van der Waals surface area contributed by atoms with Gasteiger partial charge < -0.3 is 10.4 Å². The lowest BCUT2D eigenvalue weighted by atomic mass is 10.2. The van der Waals surface area contributed by atoms with E-state index >= 15 is 0 Å². The first-order valence-electron chi connectivity index (χ1n) is 5.80. The molecule has 1 atom stereocenters. The average molecular weight is 304 g/mol. The molecule has 0 aliphatic rings. The Bertz CT molecular complexity index is 554. The summed E-state index contributed by atoms with van der Waals surface area (Å²) in [6.45, 7) is 0.268. The van der Waals surface area contributed by atoms with E-state index < -0.39 is 27.8 Å². The number of nitrogens with one attached hydrogen (secondary N) is 1. The van der Waals surface area contributed by atoms with Gasteiger partial charge in [0.25, 0.3) is 0 Å². The molecule has 0 aromatic carbocycles.